The van der Waals surface area contributed by atoms with Gasteiger partial charge in [-0.25, -0.2) is 0 Å². The molecule has 0 aliphatic carbocycles. The second-order valence-corrected chi connectivity index (χ2v) is 12.6. The van der Waals surface area contributed by atoms with Gasteiger partial charge in [0.2, 0.25) is 11.8 Å². The van der Waals surface area contributed by atoms with Crippen molar-refractivity contribution in [1.82, 2.24) is 21.7 Å². The molecule has 0 radical (unpaired) electrons. The van der Waals surface area contributed by atoms with Crippen LogP contribution in [0.3, 0.4) is 0 Å². The molecular formula is C38H58N4O6. The van der Waals surface area contributed by atoms with Crippen LogP contribution >= 0.6 is 0 Å². The van der Waals surface area contributed by atoms with Gasteiger partial charge in [-0.15, -0.1) is 0 Å². The quantitative estimate of drug-likeness (QED) is 0.0571. The fourth-order valence-electron chi connectivity index (χ4n) is 5.86. The number of hydrazine groups is 2. The minimum atomic E-state index is -0.526. The van der Waals surface area contributed by atoms with Gasteiger partial charge in [0.05, 0.1) is 11.1 Å². The van der Waals surface area contributed by atoms with E-state index in [2.05, 4.69) is 35.6 Å². The molecule has 4 amide bonds. The van der Waals surface area contributed by atoms with Crippen LogP contribution < -0.4 is 21.7 Å². The first-order valence-electron chi connectivity index (χ1n) is 18.0. The molecule has 1 unspecified atom stereocenters. The van der Waals surface area contributed by atoms with Crippen LogP contribution in [0.4, 0.5) is 0 Å². The number of benzene rings is 2. The van der Waals surface area contributed by atoms with Crippen LogP contribution in [0.25, 0.3) is 0 Å². The number of phenols is 2. The lowest BCUT2D eigenvalue weighted by molar-refractivity contribution is -0.126. The molecule has 2 aromatic rings. The van der Waals surface area contributed by atoms with E-state index >= 15 is 0 Å². The average molecular weight is 667 g/mol. The molecule has 10 heteroatoms. The summed E-state index contributed by atoms with van der Waals surface area (Å²) in [6.07, 6.45) is 15.5. The van der Waals surface area contributed by atoms with E-state index in [0.717, 1.165) is 88.2 Å². The second kappa shape index (κ2) is 23.3. The summed E-state index contributed by atoms with van der Waals surface area (Å²) in [4.78, 5) is 50.7. The SMILES string of the molecule is CCCCCCc1cccc(O)c1C(=O)NNC(=O)CCCCCCCC(CC)C(=O)NNC(=O)c1c(O)cccc1CCCCCC. The number of carbonyl (C=O) groups excluding carboxylic acids is 4. The fraction of sp³-hybridized carbons (Fsp3) is 0.579. The van der Waals surface area contributed by atoms with Gasteiger partial charge < -0.3 is 10.2 Å². The number of aromatic hydroxyl groups is 2. The van der Waals surface area contributed by atoms with Gasteiger partial charge in [-0.3, -0.25) is 40.9 Å². The van der Waals surface area contributed by atoms with E-state index < -0.39 is 11.8 Å². The zero-order valence-electron chi connectivity index (χ0n) is 29.3. The van der Waals surface area contributed by atoms with Crippen LogP contribution in [-0.2, 0) is 22.4 Å². The summed E-state index contributed by atoms with van der Waals surface area (Å²) < 4.78 is 0. The average Bonchev–Trinajstić information content (AvgIpc) is 3.07. The standard InChI is InChI=1S/C38H58N4O6/c1-4-7-9-14-21-29-23-18-25-31(43)34(29)37(47)41-39-33(45)27-17-13-11-12-16-20-28(6-3)36(46)40-42-38(48)35-30(22-15-10-8-5-2)24-19-26-32(35)44/h18-19,23-26,28,43-44H,4-17,20-22,27H2,1-3H3,(H,39,45)(H,40,46)(H,41,47)(H,42,48). The molecule has 0 aromatic heterocycles. The van der Waals surface area contributed by atoms with Crippen molar-refractivity contribution in [3.8, 4) is 11.5 Å². The van der Waals surface area contributed by atoms with Crippen LogP contribution in [-0.4, -0.2) is 33.8 Å². The van der Waals surface area contributed by atoms with Gasteiger partial charge in [0.25, 0.3) is 11.8 Å². The Balaban J connectivity index is 1.66. The molecule has 0 aliphatic heterocycles. The van der Waals surface area contributed by atoms with Crippen molar-refractivity contribution in [2.75, 3.05) is 0 Å². The van der Waals surface area contributed by atoms with Crippen LogP contribution in [0, 0.1) is 5.92 Å². The molecule has 0 bridgehead atoms. The number of hydrogen-bond donors (Lipinski definition) is 6. The van der Waals surface area contributed by atoms with Crippen molar-refractivity contribution in [2.45, 2.75) is 136 Å². The number of phenolic OH excluding ortho intramolecular Hbond substituents is 2. The normalized spacial score (nSPS) is 11.5. The Morgan fingerprint density at radius 2 is 1.06 bits per heavy atom. The van der Waals surface area contributed by atoms with Gasteiger partial charge in [0, 0.05) is 12.3 Å². The Bertz CT molecular complexity index is 1300. The fourth-order valence-corrected chi connectivity index (χ4v) is 5.86. The summed E-state index contributed by atoms with van der Waals surface area (Å²) in [5.74, 6) is -2.04. The lowest BCUT2D eigenvalue weighted by Crippen LogP contribution is -2.44. The Hall–Kier alpha value is -4.08. The highest BCUT2D eigenvalue weighted by molar-refractivity contribution is 6.00. The third kappa shape index (κ3) is 14.4. The molecule has 10 nitrogen and oxygen atoms in total. The molecule has 0 aliphatic rings. The minimum Gasteiger partial charge on any atom is -0.507 e. The van der Waals surface area contributed by atoms with Gasteiger partial charge in [-0.05, 0) is 68.2 Å². The summed E-state index contributed by atoms with van der Waals surface area (Å²) >= 11 is 0. The van der Waals surface area contributed by atoms with Gasteiger partial charge in [-0.1, -0.05) is 109 Å². The van der Waals surface area contributed by atoms with E-state index in [1.807, 2.05) is 19.1 Å². The maximum Gasteiger partial charge on any atom is 0.273 e. The highest BCUT2D eigenvalue weighted by Gasteiger charge is 2.20. The smallest absolute Gasteiger partial charge is 0.273 e. The molecular weight excluding hydrogens is 608 g/mol. The molecule has 6 N–H and O–H groups in total. The van der Waals surface area contributed by atoms with Crippen molar-refractivity contribution in [1.29, 1.82) is 0 Å². The number of unbranched alkanes of at least 4 members (excludes halogenated alkanes) is 10. The highest BCUT2D eigenvalue weighted by atomic mass is 16.3. The highest BCUT2D eigenvalue weighted by Crippen LogP contribution is 2.24. The van der Waals surface area contributed by atoms with E-state index in [1.165, 1.54) is 12.1 Å². The number of nitrogens with one attached hydrogen (secondary N) is 4. The first-order valence-corrected chi connectivity index (χ1v) is 18.0. The number of aryl methyl sites for hydroxylation is 2. The molecule has 2 rings (SSSR count). The molecule has 1 atom stereocenters. The van der Waals surface area contributed by atoms with Crippen molar-refractivity contribution < 1.29 is 29.4 Å². The van der Waals surface area contributed by atoms with E-state index in [9.17, 15) is 29.4 Å². The van der Waals surface area contributed by atoms with Crippen molar-refractivity contribution in [2.24, 2.45) is 5.92 Å². The summed E-state index contributed by atoms with van der Waals surface area (Å²) in [7, 11) is 0. The summed E-state index contributed by atoms with van der Waals surface area (Å²) in [5.41, 5.74) is 11.9. The van der Waals surface area contributed by atoms with Gasteiger partial charge in [0.1, 0.15) is 11.5 Å². The molecule has 0 spiro atoms. The van der Waals surface area contributed by atoms with Crippen molar-refractivity contribution in [3.63, 3.8) is 0 Å². The Morgan fingerprint density at radius 1 is 0.583 bits per heavy atom. The summed E-state index contributed by atoms with van der Waals surface area (Å²) in [6.45, 7) is 6.21. The maximum absolute atomic E-state index is 12.9. The van der Waals surface area contributed by atoms with E-state index in [1.54, 1.807) is 12.1 Å². The van der Waals surface area contributed by atoms with E-state index in [-0.39, 0.29) is 46.8 Å². The number of rotatable bonds is 22. The molecule has 0 heterocycles. The Morgan fingerprint density at radius 3 is 1.58 bits per heavy atom. The first-order chi connectivity index (χ1) is 23.2. The molecule has 266 valence electrons. The predicted octanol–water partition coefficient (Wildman–Crippen LogP) is 7.32. The molecule has 2 aromatic carbocycles. The maximum atomic E-state index is 12.9. The van der Waals surface area contributed by atoms with Crippen molar-refractivity contribution >= 4 is 23.6 Å². The van der Waals surface area contributed by atoms with Gasteiger partial charge >= 0.3 is 0 Å². The molecule has 0 saturated carbocycles. The van der Waals surface area contributed by atoms with Gasteiger partial charge in [0.15, 0.2) is 0 Å². The lowest BCUT2D eigenvalue weighted by atomic mass is 9.97. The van der Waals surface area contributed by atoms with E-state index in [0.29, 0.717) is 32.1 Å². The van der Waals surface area contributed by atoms with E-state index in [4.69, 9.17) is 0 Å². The van der Waals surface area contributed by atoms with Crippen LogP contribution in [0.5, 0.6) is 11.5 Å². The topological polar surface area (TPSA) is 157 Å². The molecule has 0 fully saturated rings. The van der Waals surface area contributed by atoms with Gasteiger partial charge in [-0.2, -0.15) is 0 Å². The monoisotopic (exact) mass is 666 g/mol. The number of carbonyl (C=O) groups is 4. The zero-order chi connectivity index (χ0) is 35.1. The lowest BCUT2D eigenvalue weighted by Gasteiger charge is -2.17. The second-order valence-electron chi connectivity index (χ2n) is 12.6. The third-order valence-electron chi connectivity index (χ3n) is 8.75. The Kier molecular flexibility index (Phi) is 19.4. The minimum absolute atomic E-state index is 0.0985. The van der Waals surface area contributed by atoms with Crippen molar-refractivity contribution in [3.05, 3.63) is 58.7 Å². The molecule has 0 saturated heterocycles. The van der Waals surface area contributed by atoms with Crippen LogP contribution in [0.2, 0.25) is 0 Å². The van der Waals surface area contributed by atoms with Crippen LogP contribution in [0.1, 0.15) is 155 Å². The third-order valence-corrected chi connectivity index (χ3v) is 8.75. The largest absolute Gasteiger partial charge is 0.507 e. The summed E-state index contributed by atoms with van der Waals surface area (Å²) in [5, 5.41) is 20.6. The number of amides is 4. The summed E-state index contributed by atoms with van der Waals surface area (Å²) in [6, 6.07) is 10.1. The molecule has 48 heavy (non-hydrogen) atoms. The number of hydrogen-bond acceptors (Lipinski definition) is 6. The first kappa shape index (κ1) is 40.1. The zero-order valence-corrected chi connectivity index (χ0v) is 29.3. The predicted molar refractivity (Wildman–Crippen MR) is 189 cm³/mol. The Labute approximate surface area is 286 Å². The van der Waals surface area contributed by atoms with Crippen LogP contribution in [0.15, 0.2) is 36.4 Å².